The molecule has 2 aliphatic rings. The molecule has 3 atom stereocenters. The molecule has 0 amide bonds. The predicted octanol–water partition coefficient (Wildman–Crippen LogP) is 4.29. The number of likely N-dealkylation sites (tertiary alicyclic amines) is 1. The Hall–Kier alpha value is -1.33. The molecule has 0 saturated carbocycles. The summed E-state index contributed by atoms with van der Waals surface area (Å²) in [5, 5.41) is 12.4. The zero-order valence-electron chi connectivity index (χ0n) is 15.7. The second kappa shape index (κ2) is 7.25. The summed E-state index contributed by atoms with van der Waals surface area (Å²) in [6, 6.07) is 8.10. The highest BCUT2D eigenvalue weighted by atomic mass is 35.5. The molecule has 0 aliphatic carbocycles. The van der Waals surface area contributed by atoms with E-state index in [1.54, 1.807) is 12.4 Å². The molecule has 3 unspecified atom stereocenters. The molecular formula is C21H25Cl2N3O. The summed E-state index contributed by atoms with van der Waals surface area (Å²) in [5.74, 6) is 0.410. The number of aliphatic hydroxyl groups is 1. The predicted molar refractivity (Wildman–Crippen MR) is 111 cm³/mol. The van der Waals surface area contributed by atoms with Crippen LogP contribution in [0.1, 0.15) is 36.8 Å². The fraction of sp³-hybridized carbons (Fsp3) is 0.476. The van der Waals surface area contributed by atoms with E-state index in [-0.39, 0.29) is 0 Å². The van der Waals surface area contributed by atoms with Crippen LogP contribution in [0, 0.1) is 0 Å². The maximum Gasteiger partial charge on any atom is 0.104 e. The van der Waals surface area contributed by atoms with Crippen molar-refractivity contribution in [1.82, 2.24) is 9.88 Å². The lowest BCUT2D eigenvalue weighted by molar-refractivity contribution is 0.0622. The van der Waals surface area contributed by atoms with Crippen LogP contribution in [0.25, 0.3) is 0 Å². The van der Waals surface area contributed by atoms with Gasteiger partial charge in [-0.1, -0.05) is 23.2 Å². The second-order valence-corrected chi connectivity index (χ2v) is 8.83. The van der Waals surface area contributed by atoms with Crippen molar-refractivity contribution in [1.29, 1.82) is 0 Å². The lowest BCUT2D eigenvalue weighted by Gasteiger charge is -2.36. The number of halogens is 2. The Morgan fingerprint density at radius 2 is 1.81 bits per heavy atom. The summed E-state index contributed by atoms with van der Waals surface area (Å²) in [7, 11) is 2.17. The van der Waals surface area contributed by atoms with Crippen LogP contribution in [0.4, 0.5) is 5.69 Å². The molecule has 0 spiro atoms. The third-order valence-corrected chi connectivity index (χ3v) is 6.77. The van der Waals surface area contributed by atoms with Gasteiger partial charge in [0.1, 0.15) is 5.60 Å². The SMILES string of the molecule is CN1CCC2c3cc(Cl)c(Cl)cc3N(CC(C)(O)c3ccncc3)C2CC1. The van der Waals surface area contributed by atoms with Crippen LogP contribution in [-0.2, 0) is 5.60 Å². The van der Waals surface area contributed by atoms with Crippen molar-refractivity contribution in [3.05, 3.63) is 57.8 Å². The van der Waals surface area contributed by atoms with Crippen LogP contribution >= 0.6 is 23.2 Å². The van der Waals surface area contributed by atoms with Gasteiger partial charge in [-0.3, -0.25) is 4.98 Å². The molecule has 27 heavy (non-hydrogen) atoms. The van der Waals surface area contributed by atoms with E-state index in [0.717, 1.165) is 37.2 Å². The van der Waals surface area contributed by atoms with E-state index < -0.39 is 5.60 Å². The number of benzene rings is 1. The molecule has 0 radical (unpaired) electrons. The quantitative estimate of drug-likeness (QED) is 0.826. The van der Waals surface area contributed by atoms with Crippen molar-refractivity contribution in [3.8, 4) is 0 Å². The van der Waals surface area contributed by atoms with Crippen molar-refractivity contribution in [3.63, 3.8) is 0 Å². The maximum atomic E-state index is 11.3. The minimum absolute atomic E-state index is 0.341. The largest absolute Gasteiger partial charge is 0.384 e. The summed E-state index contributed by atoms with van der Waals surface area (Å²) in [5.41, 5.74) is 2.25. The number of β-amino-alcohol motifs (C(OH)–C–C–N with tert-alkyl or cyclic N) is 1. The molecule has 4 rings (SSSR count). The van der Waals surface area contributed by atoms with E-state index in [4.69, 9.17) is 23.2 Å². The highest BCUT2D eigenvalue weighted by Gasteiger charge is 2.42. The van der Waals surface area contributed by atoms with Gasteiger partial charge in [0.15, 0.2) is 0 Å². The number of pyridine rings is 1. The van der Waals surface area contributed by atoms with Gasteiger partial charge >= 0.3 is 0 Å². The van der Waals surface area contributed by atoms with E-state index >= 15 is 0 Å². The number of anilines is 1. The number of aromatic nitrogens is 1. The molecule has 3 heterocycles. The van der Waals surface area contributed by atoms with Crippen molar-refractivity contribution in [2.24, 2.45) is 0 Å². The van der Waals surface area contributed by atoms with Gasteiger partial charge in [0.05, 0.1) is 16.6 Å². The average Bonchev–Trinajstić information content (AvgIpc) is 2.78. The summed E-state index contributed by atoms with van der Waals surface area (Å²) >= 11 is 12.7. The highest BCUT2D eigenvalue weighted by molar-refractivity contribution is 6.42. The number of fused-ring (bicyclic) bond motifs is 3. The first-order valence-electron chi connectivity index (χ1n) is 9.44. The van der Waals surface area contributed by atoms with Crippen molar-refractivity contribution < 1.29 is 5.11 Å². The summed E-state index contributed by atoms with van der Waals surface area (Å²) in [6.45, 7) is 4.49. The maximum absolute atomic E-state index is 11.3. The van der Waals surface area contributed by atoms with E-state index in [2.05, 4.69) is 21.8 Å². The summed E-state index contributed by atoms with van der Waals surface area (Å²) in [4.78, 5) is 8.80. The number of hydrogen-bond donors (Lipinski definition) is 1. The molecule has 1 saturated heterocycles. The number of nitrogens with zero attached hydrogens (tertiary/aromatic N) is 3. The fourth-order valence-corrected chi connectivity index (χ4v) is 4.90. The van der Waals surface area contributed by atoms with Gasteiger partial charge in [-0.2, -0.15) is 0 Å². The van der Waals surface area contributed by atoms with Crippen molar-refractivity contribution >= 4 is 28.9 Å². The minimum atomic E-state index is -0.987. The molecule has 1 N–H and O–H groups in total. The van der Waals surface area contributed by atoms with Crippen LogP contribution in [0.5, 0.6) is 0 Å². The highest BCUT2D eigenvalue weighted by Crippen LogP contribution is 2.48. The van der Waals surface area contributed by atoms with Crippen LogP contribution in [0.3, 0.4) is 0 Å². The molecule has 1 aromatic carbocycles. The molecule has 6 heteroatoms. The van der Waals surface area contributed by atoms with Crippen molar-refractivity contribution in [2.75, 3.05) is 31.6 Å². The average molecular weight is 406 g/mol. The van der Waals surface area contributed by atoms with E-state index in [1.165, 1.54) is 5.56 Å². The molecule has 4 nitrogen and oxygen atoms in total. The molecular weight excluding hydrogens is 381 g/mol. The first-order valence-corrected chi connectivity index (χ1v) is 10.2. The number of rotatable bonds is 3. The fourth-order valence-electron chi connectivity index (χ4n) is 4.57. The van der Waals surface area contributed by atoms with Gasteiger partial charge in [0.25, 0.3) is 0 Å². The normalized spacial score (nSPS) is 24.9. The van der Waals surface area contributed by atoms with Crippen molar-refractivity contribution in [2.45, 2.75) is 37.3 Å². The van der Waals surface area contributed by atoms with E-state index in [0.29, 0.717) is 28.5 Å². The first kappa shape index (κ1) is 19.0. The lowest BCUT2D eigenvalue weighted by Crippen LogP contribution is -2.44. The van der Waals surface area contributed by atoms with Gasteiger partial charge < -0.3 is 14.9 Å². The van der Waals surface area contributed by atoms with Gasteiger partial charge in [-0.15, -0.1) is 0 Å². The Balaban J connectivity index is 1.73. The van der Waals surface area contributed by atoms with E-state index in [1.807, 2.05) is 31.2 Å². The Morgan fingerprint density at radius 1 is 1.15 bits per heavy atom. The molecule has 1 fully saturated rings. The molecule has 1 aromatic heterocycles. The smallest absolute Gasteiger partial charge is 0.104 e. The molecule has 0 bridgehead atoms. The third-order valence-electron chi connectivity index (χ3n) is 6.05. The first-order chi connectivity index (χ1) is 12.9. The summed E-state index contributed by atoms with van der Waals surface area (Å²) in [6.07, 6.45) is 5.58. The Labute approximate surface area is 170 Å². The molecule has 144 valence electrons. The standard InChI is InChI=1S/C21H25Cl2N3O/c1-21(27,14-3-7-24-8-4-14)13-26-19-6-10-25(2)9-5-15(19)16-11-17(22)18(23)12-20(16)26/h3-4,7-8,11-12,15,19,27H,5-6,9-10,13H2,1-2H3. The Bertz CT molecular complexity index is 828. The Kier molecular flexibility index (Phi) is 5.10. The number of hydrogen-bond acceptors (Lipinski definition) is 4. The third kappa shape index (κ3) is 3.56. The van der Waals surface area contributed by atoms with Gasteiger partial charge in [0, 0.05) is 30.0 Å². The summed E-state index contributed by atoms with van der Waals surface area (Å²) < 4.78 is 0. The zero-order chi connectivity index (χ0) is 19.2. The molecule has 2 aromatic rings. The van der Waals surface area contributed by atoms with Crippen LogP contribution < -0.4 is 4.90 Å². The lowest BCUT2D eigenvalue weighted by atomic mass is 9.90. The van der Waals surface area contributed by atoms with E-state index in [9.17, 15) is 5.11 Å². The van der Waals surface area contributed by atoms with Crippen LogP contribution in [0.2, 0.25) is 10.0 Å². The van der Waals surface area contributed by atoms with Gasteiger partial charge in [-0.25, -0.2) is 0 Å². The zero-order valence-corrected chi connectivity index (χ0v) is 17.2. The topological polar surface area (TPSA) is 39.6 Å². The van der Waals surface area contributed by atoms with Crippen LogP contribution in [-0.4, -0.2) is 47.7 Å². The van der Waals surface area contributed by atoms with Gasteiger partial charge in [0.2, 0.25) is 0 Å². The second-order valence-electron chi connectivity index (χ2n) is 8.02. The minimum Gasteiger partial charge on any atom is -0.384 e. The monoisotopic (exact) mass is 405 g/mol. The van der Waals surface area contributed by atoms with Crippen LogP contribution in [0.15, 0.2) is 36.7 Å². The Morgan fingerprint density at radius 3 is 2.56 bits per heavy atom. The van der Waals surface area contributed by atoms with Gasteiger partial charge in [-0.05, 0) is 75.3 Å². The molecule has 2 aliphatic heterocycles.